The van der Waals surface area contributed by atoms with E-state index < -0.39 is 0 Å². The standard InChI is InChI=1S/C11H23N3O2/c1-3-13(8-9-15)10-11(16)14-6-4-12(2)5-7-14/h15H,3-10H2,1-2H3. The Labute approximate surface area is 97.6 Å². The van der Waals surface area contributed by atoms with E-state index in [1.54, 1.807) is 0 Å². The van der Waals surface area contributed by atoms with Crippen LogP contribution in [0.2, 0.25) is 0 Å². The largest absolute Gasteiger partial charge is 0.395 e. The Bertz CT molecular complexity index is 215. The van der Waals surface area contributed by atoms with Gasteiger partial charge in [-0.05, 0) is 13.6 Å². The van der Waals surface area contributed by atoms with E-state index in [1.165, 1.54) is 0 Å². The van der Waals surface area contributed by atoms with Gasteiger partial charge in [-0.1, -0.05) is 6.92 Å². The number of nitrogens with zero attached hydrogens (tertiary/aromatic N) is 3. The van der Waals surface area contributed by atoms with Crippen molar-refractivity contribution in [2.45, 2.75) is 6.92 Å². The van der Waals surface area contributed by atoms with Gasteiger partial charge in [0.05, 0.1) is 13.2 Å². The molecule has 1 fully saturated rings. The number of aliphatic hydroxyl groups is 1. The highest BCUT2D eigenvalue weighted by Gasteiger charge is 2.20. The molecular formula is C11H23N3O2. The summed E-state index contributed by atoms with van der Waals surface area (Å²) in [5, 5.41) is 8.85. The minimum atomic E-state index is 0.115. The molecule has 0 aromatic rings. The minimum Gasteiger partial charge on any atom is -0.395 e. The number of piperazine rings is 1. The number of aliphatic hydroxyl groups excluding tert-OH is 1. The predicted molar refractivity (Wildman–Crippen MR) is 63.3 cm³/mol. The van der Waals surface area contributed by atoms with Crippen LogP contribution in [0.1, 0.15) is 6.92 Å². The van der Waals surface area contributed by atoms with Crippen LogP contribution in [0.5, 0.6) is 0 Å². The number of rotatable bonds is 5. The second-order valence-electron chi connectivity index (χ2n) is 4.28. The van der Waals surface area contributed by atoms with Crippen LogP contribution in [0.4, 0.5) is 0 Å². The molecule has 1 N–H and O–H groups in total. The van der Waals surface area contributed by atoms with Crippen molar-refractivity contribution in [3.05, 3.63) is 0 Å². The smallest absolute Gasteiger partial charge is 0.236 e. The van der Waals surface area contributed by atoms with E-state index in [9.17, 15) is 4.79 Å². The maximum absolute atomic E-state index is 11.9. The number of hydrogen-bond donors (Lipinski definition) is 1. The van der Waals surface area contributed by atoms with Crippen LogP contribution >= 0.6 is 0 Å². The predicted octanol–water partition coefficient (Wildman–Crippen LogP) is -0.925. The quantitative estimate of drug-likeness (QED) is 0.662. The van der Waals surface area contributed by atoms with Crippen LogP contribution in [-0.4, -0.2) is 85.2 Å². The molecule has 0 aromatic heterocycles. The molecule has 0 radical (unpaired) electrons. The topological polar surface area (TPSA) is 47.0 Å². The lowest BCUT2D eigenvalue weighted by molar-refractivity contribution is -0.134. The fourth-order valence-electron chi connectivity index (χ4n) is 1.84. The highest BCUT2D eigenvalue weighted by Crippen LogP contribution is 2.01. The van der Waals surface area contributed by atoms with Crippen molar-refractivity contribution < 1.29 is 9.90 Å². The molecule has 5 nitrogen and oxygen atoms in total. The Morgan fingerprint density at radius 1 is 1.31 bits per heavy atom. The van der Waals surface area contributed by atoms with Gasteiger partial charge in [0, 0.05) is 32.7 Å². The van der Waals surface area contributed by atoms with Crippen LogP contribution in [0, 0.1) is 0 Å². The van der Waals surface area contributed by atoms with Crippen molar-refractivity contribution in [1.82, 2.24) is 14.7 Å². The first kappa shape index (κ1) is 13.4. The molecule has 0 aliphatic carbocycles. The van der Waals surface area contributed by atoms with Crippen LogP contribution < -0.4 is 0 Å². The second-order valence-corrected chi connectivity index (χ2v) is 4.28. The number of amides is 1. The zero-order chi connectivity index (χ0) is 12.0. The molecule has 0 spiro atoms. The number of carbonyl (C=O) groups is 1. The average molecular weight is 229 g/mol. The summed E-state index contributed by atoms with van der Waals surface area (Å²) in [4.78, 5) is 18.1. The van der Waals surface area contributed by atoms with Gasteiger partial charge < -0.3 is 14.9 Å². The van der Waals surface area contributed by atoms with Crippen molar-refractivity contribution >= 4 is 5.91 Å². The molecule has 5 heteroatoms. The van der Waals surface area contributed by atoms with Crippen molar-refractivity contribution in [1.29, 1.82) is 0 Å². The van der Waals surface area contributed by atoms with Gasteiger partial charge in [0.2, 0.25) is 5.91 Å². The third-order valence-corrected chi connectivity index (χ3v) is 3.08. The van der Waals surface area contributed by atoms with Crippen molar-refractivity contribution in [2.75, 3.05) is 59.5 Å². The molecule has 1 saturated heterocycles. The molecule has 1 aliphatic heterocycles. The minimum absolute atomic E-state index is 0.115. The highest BCUT2D eigenvalue weighted by atomic mass is 16.3. The van der Waals surface area contributed by atoms with E-state index in [2.05, 4.69) is 11.9 Å². The molecule has 1 heterocycles. The SMILES string of the molecule is CCN(CCO)CC(=O)N1CCN(C)CC1. The Balaban J connectivity index is 2.33. The van der Waals surface area contributed by atoms with Crippen molar-refractivity contribution in [3.63, 3.8) is 0 Å². The lowest BCUT2D eigenvalue weighted by atomic mass is 10.3. The molecular weight excluding hydrogens is 206 g/mol. The summed E-state index contributed by atoms with van der Waals surface area (Å²) in [6.45, 7) is 7.50. The van der Waals surface area contributed by atoms with Crippen LogP contribution in [0.3, 0.4) is 0 Å². The van der Waals surface area contributed by atoms with Gasteiger partial charge in [0.1, 0.15) is 0 Å². The third kappa shape index (κ3) is 4.08. The Hall–Kier alpha value is -0.650. The van der Waals surface area contributed by atoms with E-state index in [-0.39, 0.29) is 12.5 Å². The van der Waals surface area contributed by atoms with E-state index >= 15 is 0 Å². The summed E-state index contributed by atoms with van der Waals surface area (Å²) in [6, 6.07) is 0. The summed E-state index contributed by atoms with van der Waals surface area (Å²) in [7, 11) is 2.08. The number of likely N-dealkylation sites (N-methyl/N-ethyl adjacent to an activating group) is 2. The summed E-state index contributed by atoms with van der Waals surface area (Å²) in [5.41, 5.74) is 0. The number of carbonyl (C=O) groups excluding carboxylic acids is 1. The molecule has 1 rings (SSSR count). The van der Waals surface area contributed by atoms with Crippen molar-refractivity contribution in [2.24, 2.45) is 0 Å². The van der Waals surface area contributed by atoms with Crippen LogP contribution in [0.25, 0.3) is 0 Å². The van der Waals surface area contributed by atoms with Crippen LogP contribution in [-0.2, 0) is 4.79 Å². The molecule has 0 aromatic carbocycles. The first-order valence-electron chi connectivity index (χ1n) is 5.97. The van der Waals surface area contributed by atoms with Crippen molar-refractivity contribution in [3.8, 4) is 0 Å². The zero-order valence-electron chi connectivity index (χ0n) is 10.4. The van der Waals surface area contributed by atoms with Gasteiger partial charge in [0.15, 0.2) is 0 Å². The molecule has 0 atom stereocenters. The zero-order valence-corrected chi connectivity index (χ0v) is 10.4. The lowest BCUT2D eigenvalue weighted by Crippen LogP contribution is -2.50. The van der Waals surface area contributed by atoms with Gasteiger partial charge in [0.25, 0.3) is 0 Å². The molecule has 16 heavy (non-hydrogen) atoms. The van der Waals surface area contributed by atoms with E-state index in [1.807, 2.05) is 16.7 Å². The summed E-state index contributed by atoms with van der Waals surface area (Å²) < 4.78 is 0. The molecule has 0 saturated carbocycles. The maximum Gasteiger partial charge on any atom is 0.236 e. The Morgan fingerprint density at radius 2 is 1.94 bits per heavy atom. The van der Waals surface area contributed by atoms with Gasteiger partial charge in [-0.2, -0.15) is 0 Å². The first-order valence-corrected chi connectivity index (χ1v) is 5.97. The molecule has 94 valence electrons. The van der Waals surface area contributed by atoms with Gasteiger partial charge in [-0.25, -0.2) is 0 Å². The molecule has 0 bridgehead atoms. The Morgan fingerprint density at radius 3 is 2.44 bits per heavy atom. The molecule has 1 aliphatic rings. The average Bonchev–Trinajstić information content (AvgIpc) is 2.29. The monoisotopic (exact) mass is 229 g/mol. The van der Waals surface area contributed by atoms with E-state index in [0.717, 1.165) is 32.7 Å². The lowest BCUT2D eigenvalue weighted by Gasteiger charge is -2.33. The summed E-state index contributed by atoms with van der Waals surface area (Å²) in [6.07, 6.45) is 0. The molecule has 1 amide bonds. The normalized spacial score (nSPS) is 18.1. The highest BCUT2D eigenvalue weighted by molar-refractivity contribution is 5.78. The maximum atomic E-state index is 11.9. The van der Waals surface area contributed by atoms with Gasteiger partial charge in [-0.15, -0.1) is 0 Å². The molecule has 0 unspecified atom stereocenters. The van der Waals surface area contributed by atoms with E-state index in [4.69, 9.17) is 5.11 Å². The third-order valence-electron chi connectivity index (χ3n) is 3.08. The summed E-state index contributed by atoms with van der Waals surface area (Å²) in [5.74, 6) is 0.184. The summed E-state index contributed by atoms with van der Waals surface area (Å²) >= 11 is 0. The van der Waals surface area contributed by atoms with Gasteiger partial charge in [-0.3, -0.25) is 9.69 Å². The fraction of sp³-hybridized carbons (Fsp3) is 0.909. The Kier molecular flexibility index (Phi) is 5.73. The van der Waals surface area contributed by atoms with Crippen LogP contribution in [0.15, 0.2) is 0 Å². The number of hydrogen-bond acceptors (Lipinski definition) is 4. The van der Waals surface area contributed by atoms with Gasteiger partial charge >= 0.3 is 0 Å². The second kappa shape index (κ2) is 6.83. The fourth-order valence-corrected chi connectivity index (χ4v) is 1.84. The first-order chi connectivity index (χ1) is 7.67. The van der Waals surface area contributed by atoms with E-state index in [0.29, 0.717) is 13.1 Å².